The monoisotopic (exact) mass is 244 g/mol. The lowest BCUT2D eigenvalue weighted by Crippen LogP contribution is -2.00. The van der Waals surface area contributed by atoms with Gasteiger partial charge in [0.1, 0.15) is 11.5 Å². The highest BCUT2D eigenvalue weighted by molar-refractivity contribution is 5.99. The van der Waals surface area contributed by atoms with Gasteiger partial charge in [0, 0.05) is 10.8 Å². The average Bonchev–Trinajstić information content (AvgIpc) is 2.41. The van der Waals surface area contributed by atoms with Crippen LogP contribution in [0.15, 0.2) is 30.3 Å². The van der Waals surface area contributed by atoms with E-state index in [4.69, 9.17) is 9.47 Å². The highest BCUT2D eigenvalue weighted by atomic mass is 16.5. The molecule has 3 heteroatoms. The van der Waals surface area contributed by atoms with E-state index in [0.717, 1.165) is 22.8 Å². The molecular weight excluding hydrogens is 228 g/mol. The van der Waals surface area contributed by atoms with Crippen molar-refractivity contribution in [1.29, 1.82) is 0 Å². The molecule has 0 atom stereocenters. The number of fused-ring (bicyclic) bond motifs is 1. The molecule has 0 aliphatic carbocycles. The summed E-state index contributed by atoms with van der Waals surface area (Å²) in [5.41, 5.74) is 0.527. The van der Waals surface area contributed by atoms with E-state index in [1.54, 1.807) is 6.07 Å². The minimum absolute atomic E-state index is 0.527. The number of hydrogen-bond donors (Lipinski definition) is 0. The van der Waals surface area contributed by atoms with Gasteiger partial charge in [-0.2, -0.15) is 0 Å². The van der Waals surface area contributed by atoms with Gasteiger partial charge in [0.2, 0.25) is 0 Å². The van der Waals surface area contributed by atoms with Crippen molar-refractivity contribution in [3.8, 4) is 11.5 Å². The highest BCUT2D eigenvalue weighted by Gasteiger charge is 2.13. The SMILES string of the molecule is CCOc1cc(C=O)c(OCC)c2ccccc12. The van der Waals surface area contributed by atoms with E-state index in [1.807, 2.05) is 38.1 Å². The fourth-order valence-corrected chi connectivity index (χ4v) is 2.00. The van der Waals surface area contributed by atoms with Gasteiger partial charge in [-0.05, 0) is 19.9 Å². The first-order valence-electron chi connectivity index (χ1n) is 6.08. The topological polar surface area (TPSA) is 35.5 Å². The molecule has 0 heterocycles. The minimum Gasteiger partial charge on any atom is -0.493 e. The van der Waals surface area contributed by atoms with Crippen LogP contribution in [-0.4, -0.2) is 19.5 Å². The second-order valence-corrected chi connectivity index (χ2v) is 3.82. The first kappa shape index (κ1) is 12.4. The number of ether oxygens (including phenoxy) is 2. The molecule has 0 saturated heterocycles. The van der Waals surface area contributed by atoms with Gasteiger partial charge in [-0.3, -0.25) is 4.79 Å². The molecule has 18 heavy (non-hydrogen) atoms. The summed E-state index contributed by atoms with van der Waals surface area (Å²) in [7, 11) is 0. The maximum absolute atomic E-state index is 11.2. The van der Waals surface area contributed by atoms with Gasteiger partial charge in [-0.1, -0.05) is 24.3 Å². The summed E-state index contributed by atoms with van der Waals surface area (Å²) in [6, 6.07) is 9.52. The van der Waals surface area contributed by atoms with Gasteiger partial charge in [-0.25, -0.2) is 0 Å². The van der Waals surface area contributed by atoms with Gasteiger partial charge < -0.3 is 9.47 Å². The van der Waals surface area contributed by atoms with Crippen LogP contribution in [0.25, 0.3) is 10.8 Å². The maximum Gasteiger partial charge on any atom is 0.153 e. The zero-order valence-corrected chi connectivity index (χ0v) is 10.6. The van der Waals surface area contributed by atoms with E-state index >= 15 is 0 Å². The average molecular weight is 244 g/mol. The number of carbonyl (C=O) groups excluding carboxylic acids is 1. The van der Waals surface area contributed by atoms with Crippen LogP contribution in [0.3, 0.4) is 0 Å². The molecule has 2 rings (SSSR count). The third-order valence-corrected chi connectivity index (χ3v) is 2.70. The number of hydrogen-bond acceptors (Lipinski definition) is 3. The minimum atomic E-state index is 0.527. The van der Waals surface area contributed by atoms with Gasteiger partial charge in [-0.15, -0.1) is 0 Å². The number of benzene rings is 2. The lowest BCUT2D eigenvalue weighted by atomic mass is 10.0. The molecule has 0 aliphatic rings. The summed E-state index contributed by atoms with van der Waals surface area (Å²) >= 11 is 0. The molecule has 0 radical (unpaired) electrons. The zero-order chi connectivity index (χ0) is 13.0. The van der Waals surface area contributed by atoms with E-state index in [9.17, 15) is 4.79 Å². The van der Waals surface area contributed by atoms with Crippen LogP contribution in [0, 0.1) is 0 Å². The Hall–Kier alpha value is -2.03. The van der Waals surface area contributed by atoms with E-state index in [2.05, 4.69) is 0 Å². The van der Waals surface area contributed by atoms with Crippen molar-refractivity contribution in [2.75, 3.05) is 13.2 Å². The molecule has 0 spiro atoms. The van der Waals surface area contributed by atoms with Crippen LogP contribution in [0.4, 0.5) is 0 Å². The molecule has 0 bridgehead atoms. The smallest absolute Gasteiger partial charge is 0.153 e. The van der Waals surface area contributed by atoms with Crippen molar-refractivity contribution in [3.05, 3.63) is 35.9 Å². The fourth-order valence-electron chi connectivity index (χ4n) is 2.00. The Kier molecular flexibility index (Phi) is 3.82. The lowest BCUT2D eigenvalue weighted by Gasteiger charge is -2.14. The Morgan fingerprint density at radius 3 is 2.33 bits per heavy atom. The molecule has 94 valence electrons. The summed E-state index contributed by atoms with van der Waals surface area (Å²) < 4.78 is 11.2. The van der Waals surface area contributed by atoms with Gasteiger partial charge in [0.15, 0.2) is 6.29 Å². The number of aldehydes is 1. The Morgan fingerprint density at radius 1 is 1.06 bits per heavy atom. The van der Waals surface area contributed by atoms with Crippen molar-refractivity contribution < 1.29 is 14.3 Å². The largest absolute Gasteiger partial charge is 0.493 e. The third-order valence-electron chi connectivity index (χ3n) is 2.70. The Bertz CT molecular complexity index is 561. The van der Waals surface area contributed by atoms with Crippen molar-refractivity contribution in [2.24, 2.45) is 0 Å². The Morgan fingerprint density at radius 2 is 1.72 bits per heavy atom. The first-order valence-corrected chi connectivity index (χ1v) is 6.08. The molecule has 0 N–H and O–H groups in total. The Labute approximate surface area is 106 Å². The maximum atomic E-state index is 11.2. The van der Waals surface area contributed by atoms with Crippen LogP contribution < -0.4 is 9.47 Å². The summed E-state index contributed by atoms with van der Waals surface area (Å²) in [5, 5.41) is 1.88. The molecule has 2 aromatic rings. The molecule has 0 fully saturated rings. The Balaban J connectivity index is 2.73. The second-order valence-electron chi connectivity index (χ2n) is 3.82. The molecule has 3 nitrogen and oxygen atoms in total. The van der Waals surface area contributed by atoms with Crippen molar-refractivity contribution in [1.82, 2.24) is 0 Å². The van der Waals surface area contributed by atoms with E-state index in [0.29, 0.717) is 24.5 Å². The normalized spacial score (nSPS) is 10.3. The molecule has 0 aromatic heterocycles. The standard InChI is InChI=1S/C15H16O3/c1-3-17-14-9-11(10-16)15(18-4-2)13-8-6-5-7-12(13)14/h5-10H,3-4H2,1-2H3. The number of rotatable bonds is 5. The van der Waals surface area contributed by atoms with Crippen molar-refractivity contribution >= 4 is 17.1 Å². The van der Waals surface area contributed by atoms with Crippen molar-refractivity contribution in [3.63, 3.8) is 0 Å². The predicted molar refractivity (Wildman–Crippen MR) is 71.7 cm³/mol. The fraction of sp³-hybridized carbons (Fsp3) is 0.267. The van der Waals surface area contributed by atoms with Crippen LogP contribution in [0.2, 0.25) is 0 Å². The molecule has 0 saturated carbocycles. The van der Waals surface area contributed by atoms with E-state index < -0.39 is 0 Å². The molecule has 0 aliphatic heterocycles. The highest BCUT2D eigenvalue weighted by Crippen LogP contribution is 2.36. The summed E-state index contributed by atoms with van der Waals surface area (Å²) in [4.78, 5) is 11.2. The summed E-state index contributed by atoms with van der Waals surface area (Å²) in [5.74, 6) is 1.35. The number of carbonyl (C=O) groups is 1. The molecule has 0 amide bonds. The molecule has 0 unspecified atom stereocenters. The quantitative estimate of drug-likeness (QED) is 0.756. The van der Waals surface area contributed by atoms with Gasteiger partial charge >= 0.3 is 0 Å². The summed E-state index contributed by atoms with van der Waals surface area (Å²) in [6.07, 6.45) is 0.806. The summed E-state index contributed by atoms with van der Waals surface area (Å²) in [6.45, 7) is 4.92. The predicted octanol–water partition coefficient (Wildman–Crippen LogP) is 3.45. The molecule has 2 aromatic carbocycles. The first-order chi connectivity index (χ1) is 8.81. The van der Waals surface area contributed by atoms with Crippen LogP contribution in [0.1, 0.15) is 24.2 Å². The van der Waals surface area contributed by atoms with Crippen molar-refractivity contribution in [2.45, 2.75) is 13.8 Å². The van der Waals surface area contributed by atoms with Crippen LogP contribution in [-0.2, 0) is 0 Å². The molecular formula is C15H16O3. The van der Waals surface area contributed by atoms with E-state index in [1.165, 1.54) is 0 Å². The zero-order valence-electron chi connectivity index (χ0n) is 10.6. The second kappa shape index (κ2) is 5.54. The third kappa shape index (κ3) is 2.16. The van der Waals surface area contributed by atoms with Crippen LogP contribution >= 0.6 is 0 Å². The van der Waals surface area contributed by atoms with E-state index in [-0.39, 0.29) is 0 Å². The lowest BCUT2D eigenvalue weighted by molar-refractivity contribution is 0.111. The van der Waals surface area contributed by atoms with Crippen LogP contribution in [0.5, 0.6) is 11.5 Å². The van der Waals surface area contributed by atoms with Gasteiger partial charge in [0.05, 0.1) is 18.8 Å². The van der Waals surface area contributed by atoms with Gasteiger partial charge in [0.25, 0.3) is 0 Å².